The largest absolute Gasteiger partial charge is 0.506 e. The second-order valence-electron chi connectivity index (χ2n) is 5.35. The van der Waals surface area contributed by atoms with Crippen LogP contribution < -0.4 is 5.32 Å². The number of carbonyl (C=O) groups is 2. The van der Waals surface area contributed by atoms with Gasteiger partial charge in [0.15, 0.2) is 0 Å². The molecular weight excluding hydrogens is 290 g/mol. The van der Waals surface area contributed by atoms with Crippen LogP contribution in [0.1, 0.15) is 36.7 Å². The number of rotatable bonds is 2. The van der Waals surface area contributed by atoms with Crippen LogP contribution in [0, 0.1) is 11.8 Å². The number of carboxylic acid groups (broad SMARTS) is 1. The van der Waals surface area contributed by atoms with E-state index in [2.05, 4.69) is 17.2 Å². The first kappa shape index (κ1) is 17.2. The number of phenols is 2. The van der Waals surface area contributed by atoms with E-state index in [9.17, 15) is 19.8 Å². The second-order valence-corrected chi connectivity index (χ2v) is 5.35. The van der Waals surface area contributed by atoms with Gasteiger partial charge < -0.3 is 25.4 Å². The third kappa shape index (κ3) is 5.25. The molecule has 0 unspecified atom stereocenters. The molecule has 0 aliphatic heterocycles. The van der Waals surface area contributed by atoms with Gasteiger partial charge >= 0.3 is 12.1 Å². The van der Waals surface area contributed by atoms with E-state index in [1.165, 1.54) is 0 Å². The van der Waals surface area contributed by atoms with Crippen molar-refractivity contribution in [1.82, 2.24) is 5.32 Å². The first-order valence-electron chi connectivity index (χ1n) is 6.35. The highest BCUT2D eigenvalue weighted by Gasteiger charge is 2.15. The number of carboxylic acids is 1. The summed E-state index contributed by atoms with van der Waals surface area (Å²) < 4.78 is 5.00. The van der Waals surface area contributed by atoms with Crippen LogP contribution in [-0.2, 0) is 4.74 Å². The zero-order valence-corrected chi connectivity index (χ0v) is 12.4. The summed E-state index contributed by atoms with van der Waals surface area (Å²) in [5, 5.41) is 30.4. The molecule has 0 bridgehead atoms. The Morgan fingerprint density at radius 2 is 1.77 bits per heavy atom. The van der Waals surface area contributed by atoms with Crippen molar-refractivity contribution >= 4 is 12.1 Å². The maximum absolute atomic E-state index is 11.4. The van der Waals surface area contributed by atoms with E-state index in [0.29, 0.717) is 0 Å². The monoisotopic (exact) mass is 307 g/mol. The predicted molar refractivity (Wildman–Crippen MR) is 77.8 cm³/mol. The summed E-state index contributed by atoms with van der Waals surface area (Å²) >= 11 is 0. The molecule has 0 saturated carbocycles. The molecule has 0 atom stereocenters. The number of aromatic carboxylic acids is 1. The Balaban J connectivity index is 2.73. The van der Waals surface area contributed by atoms with Crippen LogP contribution in [0.5, 0.6) is 11.5 Å². The fourth-order valence-electron chi connectivity index (χ4n) is 1.43. The third-order valence-electron chi connectivity index (χ3n) is 2.28. The summed E-state index contributed by atoms with van der Waals surface area (Å²) in [5.74, 6) is 2.78. The topological polar surface area (TPSA) is 116 Å². The Hall–Kier alpha value is -2.88. The fraction of sp³-hybridized carbons (Fsp3) is 0.333. The van der Waals surface area contributed by atoms with Gasteiger partial charge in [-0.2, -0.15) is 0 Å². The van der Waals surface area contributed by atoms with Crippen molar-refractivity contribution in [2.45, 2.75) is 26.4 Å². The van der Waals surface area contributed by atoms with Crippen molar-refractivity contribution in [3.8, 4) is 23.3 Å². The van der Waals surface area contributed by atoms with Gasteiger partial charge in [-0.25, -0.2) is 9.59 Å². The number of hydrogen-bond donors (Lipinski definition) is 4. The number of benzene rings is 1. The highest BCUT2D eigenvalue weighted by molar-refractivity contribution is 5.89. The van der Waals surface area contributed by atoms with Gasteiger partial charge in [-0.1, -0.05) is 11.8 Å². The number of alkyl carbamates (subject to hydrolysis) is 1. The highest BCUT2D eigenvalue weighted by atomic mass is 16.6. The summed E-state index contributed by atoms with van der Waals surface area (Å²) in [5.41, 5.74) is -0.996. The van der Waals surface area contributed by atoms with E-state index < -0.39 is 29.2 Å². The van der Waals surface area contributed by atoms with Crippen LogP contribution in [0.15, 0.2) is 12.1 Å². The zero-order valence-electron chi connectivity index (χ0n) is 12.4. The van der Waals surface area contributed by atoms with Crippen molar-refractivity contribution in [2.75, 3.05) is 6.54 Å². The minimum Gasteiger partial charge on any atom is -0.506 e. The first-order chi connectivity index (χ1) is 10.1. The number of carbonyl (C=O) groups excluding carboxylic acids is 1. The molecule has 7 heteroatoms. The van der Waals surface area contributed by atoms with E-state index in [0.717, 1.165) is 12.1 Å². The van der Waals surface area contributed by atoms with Crippen LogP contribution in [0.2, 0.25) is 0 Å². The van der Waals surface area contributed by atoms with Crippen LogP contribution >= 0.6 is 0 Å². The smallest absolute Gasteiger partial charge is 0.408 e. The van der Waals surface area contributed by atoms with Gasteiger partial charge in [-0.3, -0.25) is 0 Å². The lowest BCUT2D eigenvalue weighted by Crippen LogP contribution is -2.32. The van der Waals surface area contributed by atoms with Gasteiger partial charge in [-0.05, 0) is 32.9 Å². The molecule has 1 amide bonds. The molecule has 0 spiro atoms. The normalized spacial score (nSPS) is 10.3. The predicted octanol–water partition coefficient (Wildman–Crippen LogP) is 1.67. The van der Waals surface area contributed by atoms with Crippen molar-refractivity contribution in [2.24, 2.45) is 0 Å². The quantitative estimate of drug-likeness (QED) is 0.618. The number of phenolic OH excluding ortho intramolecular Hbond substituents is 2. The molecule has 4 N–H and O–H groups in total. The highest BCUT2D eigenvalue weighted by Crippen LogP contribution is 2.27. The summed E-state index contributed by atoms with van der Waals surface area (Å²) in [6.45, 7) is 5.10. The van der Waals surface area contributed by atoms with Gasteiger partial charge in [0.1, 0.15) is 22.7 Å². The van der Waals surface area contributed by atoms with Gasteiger partial charge in [0.25, 0.3) is 0 Å². The van der Waals surface area contributed by atoms with Crippen LogP contribution in [0.25, 0.3) is 0 Å². The molecule has 118 valence electrons. The SMILES string of the molecule is CC(C)(C)OC(=O)NCC#Cc1c(O)cc(C(=O)O)cc1O. The maximum Gasteiger partial charge on any atom is 0.408 e. The van der Waals surface area contributed by atoms with E-state index in [4.69, 9.17) is 9.84 Å². The molecule has 1 aromatic rings. The zero-order chi connectivity index (χ0) is 16.9. The number of ether oxygens (including phenoxy) is 1. The standard InChI is InChI=1S/C15H17NO6/c1-15(2,3)22-14(21)16-6-4-5-10-11(17)7-9(13(19)20)8-12(10)18/h7-8,17-18H,6H2,1-3H3,(H,16,21)(H,19,20). The lowest BCUT2D eigenvalue weighted by atomic mass is 10.1. The molecule has 1 aromatic carbocycles. The van der Waals surface area contributed by atoms with Gasteiger partial charge in [0.05, 0.1) is 12.1 Å². The van der Waals surface area contributed by atoms with Crippen molar-refractivity contribution in [3.63, 3.8) is 0 Å². The molecule has 0 radical (unpaired) electrons. The van der Waals surface area contributed by atoms with Crippen LogP contribution in [0.4, 0.5) is 4.79 Å². The van der Waals surface area contributed by atoms with E-state index in [1.54, 1.807) is 20.8 Å². The van der Waals surface area contributed by atoms with Crippen molar-refractivity contribution in [1.29, 1.82) is 0 Å². The summed E-state index contributed by atoms with van der Waals surface area (Å²) in [7, 11) is 0. The molecule has 1 rings (SSSR count). The second kappa shape index (κ2) is 6.72. The first-order valence-corrected chi connectivity index (χ1v) is 6.35. The Morgan fingerprint density at radius 1 is 1.23 bits per heavy atom. The van der Waals surface area contributed by atoms with Gasteiger partial charge in [0, 0.05) is 0 Å². The fourth-order valence-corrected chi connectivity index (χ4v) is 1.43. The molecule has 0 aliphatic rings. The Kier molecular flexibility index (Phi) is 5.24. The Labute approximate surface area is 127 Å². The molecule has 7 nitrogen and oxygen atoms in total. The minimum atomic E-state index is -1.28. The third-order valence-corrected chi connectivity index (χ3v) is 2.28. The molecule has 0 aromatic heterocycles. The number of nitrogens with one attached hydrogen (secondary N) is 1. The van der Waals surface area contributed by atoms with E-state index >= 15 is 0 Å². The average molecular weight is 307 g/mol. The van der Waals surface area contributed by atoms with Crippen molar-refractivity contribution < 1.29 is 29.6 Å². The molecule has 0 fully saturated rings. The number of amides is 1. The molecule has 0 saturated heterocycles. The van der Waals surface area contributed by atoms with E-state index in [-0.39, 0.29) is 17.7 Å². The maximum atomic E-state index is 11.4. The summed E-state index contributed by atoms with van der Waals surface area (Å²) in [6.07, 6.45) is -0.642. The van der Waals surface area contributed by atoms with Crippen LogP contribution in [-0.4, -0.2) is 39.5 Å². The van der Waals surface area contributed by atoms with Crippen molar-refractivity contribution in [3.05, 3.63) is 23.3 Å². The Bertz CT molecular complexity index is 625. The van der Waals surface area contributed by atoms with Crippen LogP contribution in [0.3, 0.4) is 0 Å². The summed E-state index contributed by atoms with van der Waals surface area (Å²) in [4.78, 5) is 22.1. The number of aromatic hydroxyl groups is 2. The number of hydrogen-bond acceptors (Lipinski definition) is 5. The lowest BCUT2D eigenvalue weighted by molar-refractivity contribution is 0.0534. The molecular formula is C15H17NO6. The average Bonchev–Trinajstić information content (AvgIpc) is 2.34. The molecule has 22 heavy (non-hydrogen) atoms. The van der Waals surface area contributed by atoms with Gasteiger partial charge in [-0.15, -0.1) is 0 Å². The minimum absolute atomic E-state index is 0.0610. The Morgan fingerprint density at radius 3 is 2.23 bits per heavy atom. The van der Waals surface area contributed by atoms with Gasteiger partial charge in [0.2, 0.25) is 0 Å². The lowest BCUT2D eigenvalue weighted by Gasteiger charge is -2.19. The van der Waals surface area contributed by atoms with E-state index in [1.807, 2.05) is 0 Å². The summed E-state index contributed by atoms with van der Waals surface area (Å²) in [6, 6.07) is 1.96. The molecule has 0 aliphatic carbocycles. The molecule has 0 heterocycles.